The monoisotopic (exact) mass is 426 g/mol. The number of carbonyl (C=O) groups is 1. The first-order chi connectivity index (χ1) is 12.5. The van der Waals surface area contributed by atoms with Gasteiger partial charge in [0.1, 0.15) is 0 Å². The molecule has 2 aromatic rings. The Hall–Kier alpha value is -2.67. The summed E-state index contributed by atoms with van der Waals surface area (Å²) >= 11 is 0. The maximum atomic E-state index is 13.9. The van der Waals surface area contributed by atoms with E-state index in [1.807, 2.05) is 0 Å². The molecule has 0 saturated carbocycles. The Labute approximate surface area is 150 Å². The topological polar surface area (TPSA) is 69.0 Å². The number of aromatic nitrogens is 2. The molecular formula is C14H11F9N2O3. The minimum absolute atomic E-state index is 0.0756. The number of fused-ring (bicyclic) bond motifs is 1. The first-order valence-electron chi connectivity index (χ1n) is 6.94. The predicted octanol–water partition coefficient (Wildman–Crippen LogP) is 2.89. The molecule has 0 aliphatic heterocycles. The maximum absolute atomic E-state index is 13.9. The van der Waals surface area contributed by atoms with Gasteiger partial charge in [-0.3, -0.25) is 0 Å². The molecule has 14 heteroatoms. The number of nitrogens with zero attached hydrogens (tertiary/aromatic N) is 1. The molecule has 1 aromatic carbocycles. The van der Waals surface area contributed by atoms with Crippen molar-refractivity contribution in [3.63, 3.8) is 0 Å². The first kappa shape index (κ1) is 23.4. The molecule has 28 heavy (non-hydrogen) atoms. The van der Waals surface area contributed by atoms with Gasteiger partial charge in [0.2, 0.25) is 0 Å². The highest BCUT2D eigenvalue weighted by atomic mass is 19.4. The van der Waals surface area contributed by atoms with Crippen molar-refractivity contribution in [1.82, 2.24) is 4.98 Å². The van der Waals surface area contributed by atoms with Crippen LogP contribution >= 0.6 is 0 Å². The first-order valence-corrected chi connectivity index (χ1v) is 6.94. The third-order valence-corrected chi connectivity index (χ3v) is 3.46. The average molecular weight is 426 g/mol. The van der Waals surface area contributed by atoms with Crippen molar-refractivity contribution in [2.75, 3.05) is 7.11 Å². The number of nitrogens with one attached hydrogen (secondary N) is 1. The fraction of sp³-hybridized carbons (Fsp3) is 0.429. The van der Waals surface area contributed by atoms with Crippen LogP contribution < -0.4 is 9.67 Å². The number of ether oxygens (including phenoxy) is 1. The second kappa shape index (κ2) is 7.39. The third-order valence-electron chi connectivity index (χ3n) is 3.46. The van der Waals surface area contributed by atoms with E-state index < -0.39 is 35.9 Å². The zero-order valence-corrected chi connectivity index (χ0v) is 13.9. The van der Waals surface area contributed by atoms with Gasteiger partial charge in [0.25, 0.3) is 6.16 Å². The van der Waals surface area contributed by atoms with Gasteiger partial charge in [0, 0.05) is 7.11 Å². The second-order valence-corrected chi connectivity index (χ2v) is 5.22. The van der Waals surface area contributed by atoms with Crippen LogP contribution in [0.25, 0.3) is 11.0 Å². The lowest BCUT2D eigenvalue weighted by atomic mass is 10.0. The highest BCUT2D eigenvalue weighted by Gasteiger charge is 2.84. The van der Waals surface area contributed by atoms with Gasteiger partial charge in [-0.1, -0.05) is 12.1 Å². The number of benzene rings is 1. The van der Waals surface area contributed by atoms with Crippen molar-refractivity contribution < 1.29 is 58.7 Å². The van der Waals surface area contributed by atoms with E-state index in [1.54, 1.807) is 4.98 Å². The van der Waals surface area contributed by atoms with Crippen LogP contribution in [-0.2, 0) is 17.7 Å². The Bertz CT molecular complexity index is 846. The van der Waals surface area contributed by atoms with E-state index in [0.717, 1.165) is 14.2 Å². The molecule has 0 amide bonds. The number of carbonyl (C=O) groups excluding carboxylic acids is 1. The molecule has 0 spiro atoms. The Morgan fingerprint density at radius 1 is 1.00 bits per heavy atom. The maximum Gasteiger partial charge on any atom is 0.460 e. The lowest BCUT2D eigenvalue weighted by Gasteiger charge is -2.31. The number of carboxylic acid groups (broad SMARTS) is 1. The van der Waals surface area contributed by atoms with Crippen molar-refractivity contribution in [2.24, 2.45) is 7.05 Å². The van der Waals surface area contributed by atoms with Gasteiger partial charge < -0.3 is 14.6 Å². The van der Waals surface area contributed by atoms with Gasteiger partial charge in [-0.05, 0) is 12.1 Å². The third kappa shape index (κ3) is 3.80. The summed E-state index contributed by atoms with van der Waals surface area (Å²) in [5.41, 5.74) is -0.205. The summed E-state index contributed by atoms with van der Waals surface area (Å²) in [7, 11) is 1.87. The van der Waals surface area contributed by atoms with Gasteiger partial charge in [0.15, 0.2) is 11.0 Å². The van der Waals surface area contributed by atoms with Crippen LogP contribution in [-0.4, -0.2) is 36.3 Å². The standard InChI is InChI=1S/C12H7F9N2.C2H4O3/c1-23-7-5-3-2-4-6(7)22-8(23)9(13,14)10(15,16)11(17,18)12(19,20)21;1-5-2(3)4/h2-5H,1H3;1H3,(H,3,4). The Kier molecular flexibility index (Phi) is 6.17. The largest absolute Gasteiger partial charge is 0.553 e. The van der Waals surface area contributed by atoms with Crippen molar-refractivity contribution in [3.8, 4) is 0 Å². The van der Waals surface area contributed by atoms with Crippen LogP contribution in [0.3, 0.4) is 0 Å². The molecule has 0 radical (unpaired) electrons. The van der Waals surface area contributed by atoms with E-state index in [0.29, 0.717) is 4.57 Å². The minimum atomic E-state index is -6.92. The molecular weight excluding hydrogens is 415 g/mol. The van der Waals surface area contributed by atoms with Gasteiger partial charge in [-0.15, -0.1) is 0 Å². The van der Waals surface area contributed by atoms with E-state index in [-0.39, 0.29) is 11.0 Å². The summed E-state index contributed by atoms with van der Waals surface area (Å²) in [5.74, 6) is -21.2. The number of hydrogen-bond acceptors (Lipinski definition) is 3. The number of imidazole rings is 1. The summed E-state index contributed by atoms with van der Waals surface area (Å²) < 4.78 is 121. The number of aryl methyl sites for hydroxylation is 1. The number of rotatable bonds is 3. The summed E-state index contributed by atoms with van der Waals surface area (Å²) in [6.45, 7) is 0. The molecule has 2 rings (SSSR count). The summed E-state index contributed by atoms with van der Waals surface area (Å²) in [4.78, 5) is 10.8. The van der Waals surface area contributed by atoms with E-state index in [1.165, 1.54) is 24.3 Å². The number of methoxy groups -OCH3 is 1. The van der Waals surface area contributed by atoms with Crippen molar-refractivity contribution in [3.05, 3.63) is 30.1 Å². The van der Waals surface area contributed by atoms with Crippen LogP contribution in [0.4, 0.5) is 44.3 Å². The van der Waals surface area contributed by atoms with Crippen LogP contribution in [0.2, 0.25) is 0 Å². The van der Waals surface area contributed by atoms with Crippen LogP contribution in [0.1, 0.15) is 5.82 Å². The van der Waals surface area contributed by atoms with E-state index in [2.05, 4.69) is 4.74 Å². The second-order valence-electron chi connectivity index (χ2n) is 5.22. The Morgan fingerprint density at radius 2 is 1.46 bits per heavy atom. The van der Waals surface area contributed by atoms with E-state index in [4.69, 9.17) is 9.90 Å². The molecule has 0 aliphatic carbocycles. The fourth-order valence-corrected chi connectivity index (χ4v) is 2.02. The Morgan fingerprint density at radius 3 is 1.86 bits per heavy atom. The van der Waals surface area contributed by atoms with Crippen LogP contribution in [0.15, 0.2) is 24.3 Å². The number of hydrogen-bond donors (Lipinski definition) is 1. The lowest BCUT2D eigenvalue weighted by Crippen LogP contribution is -2.61. The van der Waals surface area contributed by atoms with Gasteiger partial charge in [-0.25, -0.2) is 9.55 Å². The number of H-pyrrole nitrogens is 1. The highest BCUT2D eigenvalue weighted by molar-refractivity contribution is 5.71. The number of alkyl halides is 9. The highest BCUT2D eigenvalue weighted by Crippen LogP contribution is 2.55. The van der Waals surface area contributed by atoms with E-state index in [9.17, 15) is 39.5 Å². The quantitative estimate of drug-likeness (QED) is 0.466. The Balaban J connectivity index is 0.000000696. The summed E-state index contributed by atoms with van der Waals surface area (Å²) in [6.07, 6.45) is -8.34. The smallest absolute Gasteiger partial charge is 0.460 e. The van der Waals surface area contributed by atoms with Gasteiger partial charge in [0.05, 0.1) is 7.05 Å². The zero-order valence-electron chi connectivity index (χ0n) is 13.9. The molecule has 0 atom stereocenters. The number of halogens is 9. The molecule has 0 aliphatic rings. The van der Waals surface area contributed by atoms with Crippen LogP contribution in [0, 0.1) is 0 Å². The minimum Gasteiger partial charge on any atom is -0.553 e. The fourth-order valence-electron chi connectivity index (χ4n) is 2.02. The van der Waals surface area contributed by atoms with Crippen molar-refractivity contribution in [1.29, 1.82) is 0 Å². The van der Waals surface area contributed by atoms with Crippen LogP contribution in [0.5, 0.6) is 0 Å². The van der Waals surface area contributed by atoms with Gasteiger partial charge >= 0.3 is 29.8 Å². The molecule has 0 bridgehead atoms. The summed E-state index contributed by atoms with van der Waals surface area (Å²) in [5, 5.41) is 9.03. The number of para-hydroxylation sites is 2. The normalized spacial score (nSPS) is 13.1. The predicted molar refractivity (Wildman–Crippen MR) is 71.7 cm³/mol. The molecule has 0 fully saturated rings. The average Bonchev–Trinajstić information content (AvgIpc) is 2.92. The zero-order chi connectivity index (χ0) is 22.1. The molecule has 0 saturated heterocycles. The molecule has 1 N–H and O–H groups in total. The van der Waals surface area contributed by atoms with Gasteiger partial charge in [-0.2, -0.15) is 39.5 Å². The molecule has 1 heterocycles. The lowest BCUT2D eigenvalue weighted by molar-refractivity contribution is -0.666. The molecule has 5 nitrogen and oxygen atoms in total. The molecule has 0 unspecified atom stereocenters. The SMILES string of the molecule is COC(=O)[O-].C[n+]1c(C(F)(F)C(F)(F)C(F)(F)C(F)(F)F)[nH]c2ccccc21. The van der Waals surface area contributed by atoms with Crippen molar-refractivity contribution in [2.45, 2.75) is 23.9 Å². The van der Waals surface area contributed by atoms with E-state index >= 15 is 0 Å². The molecule has 1 aromatic heterocycles. The molecule has 158 valence electrons. The number of aromatic amines is 1. The summed E-state index contributed by atoms with van der Waals surface area (Å²) in [6, 6.07) is 5.06. The van der Waals surface area contributed by atoms with Crippen molar-refractivity contribution >= 4 is 17.2 Å².